The van der Waals surface area contributed by atoms with Crippen LogP contribution in [-0.4, -0.2) is 78.5 Å². The topological polar surface area (TPSA) is 186 Å². The Kier molecular flexibility index (Phi) is 11.4. The van der Waals surface area contributed by atoms with Gasteiger partial charge in [-0.3, -0.25) is 24.3 Å². The number of rotatable bonds is 6. The highest BCUT2D eigenvalue weighted by Gasteiger charge is 2.40. The van der Waals surface area contributed by atoms with E-state index in [-0.39, 0.29) is 0 Å². The van der Waals surface area contributed by atoms with Crippen LogP contribution in [0, 0.1) is 13.8 Å². The average Bonchev–Trinajstić information content (AvgIpc) is 2.99. The van der Waals surface area contributed by atoms with Crippen molar-refractivity contribution in [3.63, 3.8) is 0 Å². The van der Waals surface area contributed by atoms with E-state index in [0.717, 1.165) is 6.92 Å². The van der Waals surface area contributed by atoms with Gasteiger partial charge in [-0.15, -0.1) is 0 Å². The molecule has 1 aliphatic heterocycles. The lowest BCUT2D eigenvalue weighted by atomic mass is 9.96. The fourth-order valence-corrected chi connectivity index (χ4v) is 3.20. The number of aromatic nitrogens is 1. The molecule has 1 aromatic heterocycles. The monoisotopic (exact) mass is 442 g/mol. The quantitative estimate of drug-likeness (QED) is 0.427. The van der Waals surface area contributed by atoms with Gasteiger partial charge in [-0.2, -0.15) is 0 Å². The molecule has 1 aromatic rings. The summed E-state index contributed by atoms with van der Waals surface area (Å²) in [4.78, 5) is 46.3. The number of carboxylic acid groups (broad SMARTS) is 4. The van der Waals surface area contributed by atoms with Crippen LogP contribution in [0.1, 0.15) is 55.5 Å². The third-order valence-electron chi connectivity index (χ3n) is 4.55. The van der Waals surface area contributed by atoms with E-state index in [1.54, 1.807) is 0 Å². The zero-order chi connectivity index (χ0) is 24.4. The van der Waals surface area contributed by atoms with Gasteiger partial charge in [0.25, 0.3) is 5.97 Å². The molecule has 0 saturated carbocycles. The maximum absolute atomic E-state index is 10.3. The molecular weight excluding hydrogens is 412 g/mol. The molecule has 0 unspecified atom stereocenters. The zero-order valence-corrected chi connectivity index (χ0v) is 18.0. The lowest BCUT2D eigenvalue weighted by molar-refractivity contribution is -0.170. The van der Waals surface area contributed by atoms with Crippen molar-refractivity contribution in [1.82, 2.24) is 9.88 Å². The second-order valence-electron chi connectivity index (χ2n) is 7.26. The van der Waals surface area contributed by atoms with Crippen LogP contribution in [0.15, 0.2) is 12.3 Å². The van der Waals surface area contributed by atoms with E-state index in [9.17, 15) is 14.4 Å². The van der Waals surface area contributed by atoms with Crippen molar-refractivity contribution < 1.29 is 44.7 Å². The van der Waals surface area contributed by atoms with Crippen molar-refractivity contribution in [3.8, 4) is 0 Å². The first-order valence-corrected chi connectivity index (χ1v) is 9.42. The van der Waals surface area contributed by atoms with Gasteiger partial charge < -0.3 is 25.5 Å². The molecule has 1 saturated heterocycles. The number of hydrogen-bond donors (Lipinski definition) is 5. The number of nitrogens with zero attached hydrogens (tertiary/aromatic N) is 2. The van der Waals surface area contributed by atoms with E-state index < -0.39 is 42.3 Å². The molecule has 11 nitrogen and oxygen atoms in total. The van der Waals surface area contributed by atoms with Crippen LogP contribution in [0.2, 0.25) is 0 Å². The van der Waals surface area contributed by atoms with Crippen LogP contribution >= 0.6 is 0 Å². The molecule has 0 amide bonds. The highest BCUT2D eigenvalue weighted by Crippen LogP contribution is 2.33. The van der Waals surface area contributed by atoms with E-state index in [1.807, 2.05) is 6.20 Å². The lowest BCUT2D eigenvalue weighted by Gasteiger charge is -2.22. The molecule has 0 aliphatic carbocycles. The number of likely N-dealkylation sites (tertiary alicyclic amines) is 1. The Labute approximate surface area is 180 Å². The van der Waals surface area contributed by atoms with Crippen molar-refractivity contribution in [3.05, 3.63) is 29.1 Å². The van der Waals surface area contributed by atoms with Crippen molar-refractivity contribution in [2.24, 2.45) is 0 Å². The van der Waals surface area contributed by atoms with E-state index in [0.29, 0.717) is 6.04 Å². The van der Waals surface area contributed by atoms with E-state index in [4.69, 9.17) is 30.3 Å². The van der Waals surface area contributed by atoms with Gasteiger partial charge in [0.1, 0.15) is 0 Å². The van der Waals surface area contributed by atoms with E-state index >= 15 is 0 Å². The van der Waals surface area contributed by atoms with Gasteiger partial charge in [-0.25, -0.2) is 4.79 Å². The minimum Gasteiger partial charge on any atom is -0.481 e. The molecule has 5 N–H and O–H groups in total. The van der Waals surface area contributed by atoms with Crippen molar-refractivity contribution in [2.75, 3.05) is 13.6 Å². The van der Waals surface area contributed by atoms with E-state index in [2.05, 4.69) is 36.8 Å². The first-order chi connectivity index (χ1) is 14.2. The molecule has 0 radical (unpaired) electrons. The minimum absolute atomic E-state index is 0.601. The van der Waals surface area contributed by atoms with Gasteiger partial charge in [0.05, 0.1) is 12.8 Å². The van der Waals surface area contributed by atoms with Gasteiger partial charge in [-0.05, 0) is 57.5 Å². The molecule has 1 fully saturated rings. The first kappa shape index (κ1) is 27.9. The van der Waals surface area contributed by atoms with Crippen LogP contribution in [-0.2, 0) is 19.2 Å². The van der Waals surface area contributed by atoms with Gasteiger partial charge in [0.2, 0.25) is 0 Å². The number of aliphatic carboxylic acids is 4. The summed E-state index contributed by atoms with van der Waals surface area (Å²) in [6, 6.07) is 2.72. The van der Waals surface area contributed by atoms with Crippen LogP contribution in [0.5, 0.6) is 0 Å². The molecule has 0 spiro atoms. The van der Waals surface area contributed by atoms with Gasteiger partial charge in [0, 0.05) is 24.9 Å². The number of aliphatic hydroxyl groups is 1. The van der Waals surface area contributed by atoms with Gasteiger partial charge in [0.15, 0.2) is 5.60 Å². The Bertz CT molecular complexity index is 755. The average molecular weight is 442 g/mol. The standard InChI is InChI=1S/C12H18N2.C6H8O7.C2H4O2/c1-9-6-7-13-10(2)12(9)11-5-4-8-14(11)3;7-3(8)1-6(13,5(11)12)2-4(9)10;1-2(3)4/h6-7,11H,4-5,8H2,1-3H3;13H,1-2H2,(H,7,8)(H,9,10)(H,11,12);1H3,(H,3,4)/t11-;;/m0../s1. The minimum atomic E-state index is -2.74. The summed E-state index contributed by atoms with van der Waals surface area (Å²) in [5, 5.41) is 41.2. The Hall–Kier alpha value is -3.05. The Morgan fingerprint density at radius 3 is 1.90 bits per heavy atom. The second kappa shape index (κ2) is 12.6. The van der Waals surface area contributed by atoms with Gasteiger partial charge in [-0.1, -0.05) is 0 Å². The van der Waals surface area contributed by atoms with Crippen LogP contribution in [0.3, 0.4) is 0 Å². The third-order valence-corrected chi connectivity index (χ3v) is 4.55. The normalized spacial score (nSPS) is 15.7. The number of hydrogen-bond acceptors (Lipinski definition) is 7. The van der Waals surface area contributed by atoms with Crippen LogP contribution in [0.25, 0.3) is 0 Å². The predicted octanol–water partition coefficient (Wildman–Crippen LogP) is 1.31. The maximum Gasteiger partial charge on any atom is 0.336 e. The molecule has 1 aliphatic rings. The number of aryl methyl sites for hydroxylation is 2. The number of carboxylic acids is 4. The molecule has 11 heteroatoms. The molecule has 0 aromatic carbocycles. The summed E-state index contributed by atoms with van der Waals surface area (Å²) in [6.45, 7) is 6.61. The molecule has 0 bridgehead atoms. The van der Waals surface area contributed by atoms with E-state index in [1.165, 1.54) is 36.2 Å². The molecule has 1 atom stereocenters. The van der Waals surface area contributed by atoms with Crippen molar-refractivity contribution in [1.29, 1.82) is 0 Å². The van der Waals surface area contributed by atoms with Crippen molar-refractivity contribution >= 4 is 23.9 Å². The van der Waals surface area contributed by atoms with Crippen LogP contribution < -0.4 is 0 Å². The SMILES string of the molecule is CC(=O)O.Cc1ccnc(C)c1[C@@H]1CCCN1C.O=C(O)CC(O)(CC(=O)O)C(=O)O. The smallest absolute Gasteiger partial charge is 0.336 e. The Morgan fingerprint density at radius 2 is 1.58 bits per heavy atom. The fraction of sp³-hybridized carbons (Fsp3) is 0.550. The third kappa shape index (κ3) is 10.0. The summed E-state index contributed by atoms with van der Waals surface area (Å²) in [7, 11) is 2.21. The second-order valence-corrected chi connectivity index (χ2v) is 7.26. The molecule has 2 heterocycles. The summed E-state index contributed by atoms with van der Waals surface area (Å²) >= 11 is 0. The summed E-state index contributed by atoms with van der Waals surface area (Å²) in [6.07, 6.45) is 2.21. The highest BCUT2D eigenvalue weighted by molar-refractivity contribution is 5.88. The van der Waals surface area contributed by atoms with Crippen molar-refractivity contribution in [2.45, 2.75) is 58.1 Å². The lowest BCUT2D eigenvalue weighted by Crippen LogP contribution is -2.42. The predicted molar refractivity (Wildman–Crippen MR) is 109 cm³/mol. The number of pyridine rings is 1. The molecule has 174 valence electrons. The fourth-order valence-electron chi connectivity index (χ4n) is 3.20. The molecular formula is C20H30N2O9. The molecule has 2 rings (SSSR count). The number of carbonyl (C=O) groups is 4. The largest absolute Gasteiger partial charge is 0.481 e. The van der Waals surface area contributed by atoms with Gasteiger partial charge >= 0.3 is 17.9 Å². The Morgan fingerprint density at radius 1 is 1.10 bits per heavy atom. The summed E-state index contributed by atoms with van der Waals surface area (Å²) < 4.78 is 0. The highest BCUT2D eigenvalue weighted by atomic mass is 16.4. The summed E-state index contributed by atoms with van der Waals surface area (Å²) in [5.41, 5.74) is 1.30. The summed E-state index contributed by atoms with van der Waals surface area (Å²) in [5.74, 6) is -5.85. The first-order valence-electron chi connectivity index (χ1n) is 9.42. The molecule has 31 heavy (non-hydrogen) atoms. The maximum atomic E-state index is 10.3. The zero-order valence-electron chi connectivity index (χ0n) is 18.0. The van der Waals surface area contributed by atoms with Crippen LogP contribution in [0.4, 0.5) is 0 Å². The Balaban J connectivity index is 0.000000498.